The van der Waals surface area contributed by atoms with Crippen LogP contribution >= 0.6 is 0 Å². The van der Waals surface area contributed by atoms with Crippen LogP contribution in [0, 0.1) is 6.92 Å². The molecule has 0 atom stereocenters. The topological polar surface area (TPSA) is 68.5 Å². The molecular formula is C17H13F3O4S. The number of hydrogen-bond acceptors (Lipinski definition) is 3. The van der Waals surface area contributed by atoms with E-state index in [1.54, 1.807) is 6.26 Å². The molecule has 0 spiro atoms. The fraction of sp³-hybridized carbons (Fsp3) is 0.118. The van der Waals surface area contributed by atoms with Crippen molar-refractivity contribution in [3.63, 3.8) is 0 Å². The Morgan fingerprint density at radius 1 is 1.04 bits per heavy atom. The predicted molar refractivity (Wildman–Crippen MR) is 86.5 cm³/mol. The Balaban J connectivity index is 0.000000260. The highest BCUT2D eigenvalue weighted by atomic mass is 32.2. The van der Waals surface area contributed by atoms with Gasteiger partial charge in [-0.2, -0.15) is 13.2 Å². The van der Waals surface area contributed by atoms with E-state index in [2.05, 4.69) is 0 Å². The minimum atomic E-state index is -6.09. The molecule has 0 bridgehead atoms. The Bertz CT molecular complexity index is 1020. The largest absolute Gasteiger partial charge is 0.741 e. The second-order valence-corrected chi connectivity index (χ2v) is 6.41. The molecule has 0 unspecified atom stereocenters. The lowest BCUT2D eigenvalue weighted by Crippen LogP contribution is -2.21. The lowest BCUT2D eigenvalue weighted by atomic mass is 10.1. The molecule has 0 aliphatic rings. The van der Waals surface area contributed by atoms with Gasteiger partial charge in [-0.05, 0) is 30.5 Å². The Morgan fingerprint density at radius 2 is 1.56 bits per heavy atom. The third-order valence-corrected chi connectivity index (χ3v) is 3.68. The van der Waals surface area contributed by atoms with Crippen molar-refractivity contribution >= 4 is 20.9 Å². The van der Waals surface area contributed by atoms with E-state index in [1.165, 1.54) is 5.56 Å². The molecule has 0 fully saturated rings. The van der Waals surface area contributed by atoms with Crippen molar-refractivity contribution in [3.05, 3.63) is 66.4 Å². The van der Waals surface area contributed by atoms with E-state index in [9.17, 15) is 13.2 Å². The number of alkyl halides is 3. The summed E-state index contributed by atoms with van der Waals surface area (Å²) in [5.41, 5.74) is -3.50. The first-order valence-corrected chi connectivity index (χ1v) is 8.31. The number of rotatable bonds is 1. The molecule has 0 aliphatic carbocycles. The van der Waals surface area contributed by atoms with Gasteiger partial charge in [0.2, 0.25) is 0 Å². The standard InChI is InChI=1S/C16H13O.CHF3O3S/c1-12-6-8-13(9-7-12)16-10-14-4-2-3-5-15(14)11-17-16;2-1(3,4)8(5,6)7/h2-11H,1H3;(H,5,6,7)/q+1;/p-1/i10D;. The van der Waals surface area contributed by atoms with Crippen molar-refractivity contribution in [2.45, 2.75) is 12.4 Å². The molecule has 8 heteroatoms. The van der Waals surface area contributed by atoms with Crippen LogP contribution in [0.2, 0.25) is 0 Å². The highest BCUT2D eigenvalue weighted by Crippen LogP contribution is 2.24. The molecule has 0 saturated carbocycles. The van der Waals surface area contributed by atoms with Crippen LogP contribution in [0.5, 0.6) is 0 Å². The molecule has 3 aromatic rings. The van der Waals surface area contributed by atoms with Crippen LogP contribution < -0.4 is 0 Å². The van der Waals surface area contributed by atoms with Crippen molar-refractivity contribution in [1.82, 2.24) is 0 Å². The molecule has 25 heavy (non-hydrogen) atoms. The zero-order chi connectivity index (χ0) is 19.5. The van der Waals surface area contributed by atoms with E-state index >= 15 is 0 Å². The van der Waals surface area contributed by atoms with Gasteiger partial charge in [-0.1, -0.05) is 35.9 Å². The fourth-order valence-corrected chi connectivity index (χ4v) is 1.83. The molecule has 1 aromatic heterocycles. The average molecular weight is 371 g/mol. The Labute approximate surface area is 143 Å². The number of hydrogen-bond donors (Lipinski definition) is 0. The van der Waals surface area contributed by atoms with Crippen LogP contribution in [0.4, 0.5) is 13.2 Å². The second-order valence-electron chi connectivity index (χ2n) is 5.04. The van der Waals surface area contributed by atoms with E-state index < -0.39 is 15.6 Å². The fourth-order valence-electron chi connectivity index (χ4n) is 1.83. The van der Waals surface area contributed by atoms with Crippen LogP contribution in [0.1, 0.15) is 6.93 Å². The van der Waals surface area contributed by atoms with Crippen molar-refractivity contribution < 1.29 is 31.9 Å². The highest BCUT2D eigenvalue weighted by molar-refractivity contribution is 7.86. The maximum Gasteiger partial charge on any atom is 0.485 e. The molecule has 4 nitrogen and oxygen atoms in total. The first-order valence-electron chi connectivity index (χ1n) is 7.40. The molecule has 0 N–H and O–H groups in total. The van der Waals surface area contributed by atoms with Gasteiger partial charge < -0.3 is 4.55 Å². The number of aryl methyl sites for hydroxylation is 1. The summed E-state index contributed by atoms with van der Waals surface area (Å²) >= 11 is 0. The summed E-state index contributed by atoms with van der Waals surface area (Å²) in [6.45, 7) is 2.04. The number of benzene rings is 2. The molecule has 0 radical (unpaired) electrons. The van der Waals surface area contributed by atoms with Gasteiger partial charge in [0, 0.05) is 0 Å². The summed E-state index contributed by atoms with van der Waals surface area (Å²) in [6, 6.07) is 16.3. The average Bonchev–Trinajstić information content (AvgIpc) is 2.55. The van der Waals surface area contributed by atoms with E-state index in [1.807, 2.05) is 55.5 Å². The summed E-state index contributed by atoms with van der Waals surface area (Å²) in [6.07, 6.45) is 1.71. The summed E-state index contributed by atoms with van der Waals surface area (Å²) < 4.78 is 72.7. The van der Waals surface area contributed by atoms with E-state index in [-0.39, 0.29) is 0 Å². The molecule has 132 valence electrons. The van der Waals surface area contributed by atoms with E-state index in [4.69, 9.17) is 18.8 Å². The van der Waals surface area contributed by atoms with Crippen LogP contribution in [0.15, 0.2) is 65.3 Å². The van der Waals surface area contributed by atoms with Crippen LogP contribution in [-0.4, -0.2) is 18.5 Å². The van der Waals surface area contributed by atoms with Gasteiger partial charge in [0.1, 0.15) is 0 Å². The molecule has 3 rings (SSSR count). The highest BCUT2D eigenvalue weighted by Gasteiger charge is 2.36. The van der Waals surface area contributed by atoms with Gasteiger partial charge in [-0.15, -0.1) is 0 Å². The Morgan fingerprint density at radius 3 is 2.08 bits per heavy atom. The zero-order valence-corrected chi connectivity index (χ0v) is 13.7. The number of halogens is 3. The molecular weight excluding hydrogens is 357 g/mol. The molecule has 1 heterocycles. The maximum absolute atomic E-state index is 10.7. The molecule has 0 saturated heterocycles. The van der Waals surface area contributed by atoms with Crippen molar-refractivity contribution in [2.24, 2.45) is 0 Å². The monoisotopic (exact) mass is 371 g/mol. The van der Waals surface area contributed by atoms with Gasteiger partial charge in [-0.25, -0.2) is 12.8 Å². The van der Waals surface area contributed by atoms with Gasteiger partial charge in [0.05, 0.1) is 18.4 Å². The third kappa shape index (κ3) is 5.01. The summed E-state index contributed by atoms with van der Waals surface area (Å²) in [7, 11) is -6.09. The van der Waals surface area contributed by atoms with Gasteiger partial charge in [-0.3, -0.25) is 0 Å². The zero-order valence-electron chi connectivity index (χ0n) is 13.9. The minimum absolute atomic E-state index is 0.442. The Kier molecular flexibility index (Phi) is 5.00. The third-order valence-electron chi connectivity index (χ3n) is 3.11. The van der Waals surface area contributed by atoms with E-state index in [0.29, 0.717) is 11.8 Å². The summed E-state index contributed by atoms with van der Waals surface area (Å²) in [5, 5.41) is 1.87. The van der Waals surface area contributed by atoms with Crippen molar-refractivity contribution in [2.75, 3.05) is 0 Å². The summed E-state index contributed by atoms with van der Waals surface area (Å²) in [5.74, 6) is 0.619. The predicted octanol–water partition coefficient (Wildman–Crippen LogP) is 4.74. The first kappa shape index (κ1) is 17.4. The van der Waals surface area contributed by atoms with Gasteiger partial charge in [0.25, 0.3) is 0 Å². The number of fused-ring (bicyclic) bond motifs is 1. The van der Waals surface area contributed by atoms with Crippen molar-refractivity contribution in [1.29, 1.82) is 0 Å². The second kappa shape index (κ2) is 7.20. The smallest absolute Gasteiger partial charge is 0.485 e. The van der Waals surface area contributed by atoms with Crippen LogP contribution in [0.3, 0.4) is 0 Å². The minimum Gasteiger partial charge on any atom is -0.741 e. The van der Waals surface area contributed by atoms with Crippen molar-refractivity contribution in [3.8, 4) is 11.3 Å². The lowest BCUT2D eigenvalue weighted by molar-refractivity contribution is -0.0517. The van der Waals surface area contributed by atoms with Crippen LogP contribution in [0.25, 0.3) is 22.1 Å². The first-order chi connectivity index (χ1) is 12.0. The molecule has 2 aromatic carbocycles. The van der Waals surface area contributed by atoms with E-state index in [0.717, 1.165) is 16.3 Å². The molecule has 0 amide bonds. The maximum atomic E-state index is 10.7. The summed E-state index contributed by atoms with van der Waals surface area (Å²) in [4.78, 5) is 0. The van der Waals surface area contributed by atoms with Crippen LogP contribution in [-0.2, 0) is 10.1 Å². The quantitative estimate of drug-likeness (QED) is 0.352. The normalized spacial score (nSPS) is 12.3. The van der Waals surface area contributed by atoms with Gasteiger partial charge in [0.15, 0.2) is 10.1 Å². The lowest BCUT2D eigenvalue weighted by Gasteiger charge is -2.08. The Hall–Kier alpha value is -2.45. The SMILES string of the molecule is O=S(=O)([O-])C(F)(F)F.[2H]c1c(-c2ccc(C)cc2)[o+]cc2ccccc12. The van der Waals surface area contributed by atoms with Gasteiger partial charge >= 0.3 is 17.5 Å². The molecule has 0 aliphatic heterocycles.